The van der Waals surface area contributed by atoms with Crippen LogP contribution in [0.25, 0.3) is 0 Å². The van der Waals surface area contributed by atoms with E-state index in [2.05, 4.69) is 4.90 Å². The summed E-state index contributed by atoms with van der Waals surface area (Å²) in [5, 5.41) is 10.6. The molecule has 1 saturated heterocycles. The van der Waals surface area contributed by atoms with Gasteiger partial charge in [-0.25, -0.2) is 8.42 Å². The van der Waals surface area contributed by atoms with Gasteiger partial charge in [0.1, 0.15) is 0 Å². The lowest BCUT2D eigenvalue weighted by Gasteiger charge is -2.34. The minimum atomic E-state index is -3.39. The number of nitrogens with zero attached hydrogens (tertiary/aromatic N) is 2. The van der Waals surface area contributed by atoms with E-state index in [1.54, 1.807) is 15.8 Å². The maximum atomic E-state index is 12.4. The van der Waals surface area contributed by atoms with Crippen LogP contribution in [0, 0.1) is 0 Å². The second kappa shape index (κ2) is 5.88. The number of aliphatic hydroxyl groups excluding tert-OH is 1. The Balaban J connectivity index is 2.09. The first-order valence-corrected chi connectivity index (χ1v) is 8.62. The lowest BCUT2D eigenvalue weighted by molar-refractivity contribution is 0.196. The summed E-state index contributed by atoms with van der Waals surface area (Å²) in [6.45, 7) is 1.02. The molecule has 1 aliphatic rings. The minimum absolute atomic E-state index is 0.108. The SMILES string of the molecule is CN(C)C1CCN(S(=O)(=O)c2csc(CO)c2)CC1. The van der Waals surface area contributed by atoms with Gasteiger partial charge in [0.05, 0.1) is 11.5 Å². The zero-order valence-electron chi connectivity index (χ0n) is 11.2. The van der Waals surface area contributed by atoms with Gasteiger partial charge >= 0.3 is 0 Å². The molecule has 108 valence electrons. The molecule has 5 nitrogen and oxygen atoms in total. The Morgan fingerprint density at radius 1 is 1.42 bits per heavy atom. The van der Waals surface area contributed by atoms with E-state index in [4.69, 9.17) is 5.11 Å². The van der Waals surface area contributed by atoms with Gasteiger partial charge in [0.2, 0.25) is 10.0 Å². The van der Waals surface area contributed by atoms with Crippen molar-refractivity contribution in [2.75, 3.05) is 27.2 Å². The summed E-state index contributed by atoms with van der Waals surface area (Å²) >= 11 is 1.28. The largest absolute Gasteiger partial charge is 0.391 e. The number of hydrogen-bond acceptors (Lipinski definition) is 5. The van der Waals surface area contributed by atoms with Crippen LogP contribution in [-0.2, 0) is 16.6 Å². The Bertz CT molecular complexity index is 517. The van der Waals surface area contributed by atoms with E-state index in [1.165, 1.54) is 11.3 Å². The third-order valence-electron chi connectivity index (χ3n) is 3.58. The molecule has 0 unspecified atom stereocenters. The zero-order chi connectivity index (χ0) is 14.0. The van der Waals surface area contributed by atoms with Gasteiger partial charge in [0.25, 0.3) is 0 Å². The quantitative estimate of drug-likeness (QED) is 0.900. The molecule has 7 heteroatoms. The molecule has 19 heavy (non-hydrogen) atoms. The fourth-order valence-electron chi connectivity index (χ4n) is 2.33. The van der Waals surface area contributed by atoms with Crippen LogP contribution in [0.5, 0.6) is 0 Å². The third kappa shape index (κ3) is 3.17. The number of hydrogen-bond donors (Lipinski definition) is 1. The summed E-state index contributed by atoms with van der Waals surface area (Å²) in [6.07, 6.45) is 1.73. The molecule has 0 bridgehead atoms. The molecule has 1 N–H and O–H groups in total. The van der Waals surface area contributed by atoms with Crippen molar-refractivity contribution < 1.29 is 13.5 Å². The Labute approximate surface area is 118 Å². The van der Waals surface area contributed by atoms with Gasteiger partial charge in [-0.3, -0.25) is 0 Å². The average molecular weight is 304 g/mol. The van der Waals surface area contributed by atoms with Gasteiger partial charge in [0.15, 0.2) is 0 Å². The van der Waals surface area contributed by atoms with E-state index in [0.717, 1.165) is 12.8 Å². The summed E-state index contributed by atoms with van der Waals surface area (Å²) in [6, 6.07) is 2.03. The smallest absolute Gasteiger partial charge is 0.243 e. The molecule has 0 radical (unpaired) electrons. The molecular formula is C12H20N2O3S2. The van der Waals surface area contributed by atoms with Crippen LogP contribution in [0.2, 0.25) is 0 Å². The average Bonchev–Trinajstić information content (AvgIpc) is 2.88. The van der Waals surface area contributed by atoms with Crippen LogP contribution < -0.4 is 0 Å². The molecule has 1 aromatic heterocycles. The van der Waals surface area contributed by atoms with Crippen LogP contribution in [0.1, 0.15) is 17.7 Å². The number of piperidine rings is 1. The maximum Gasteiger partial charge on any atom is 0.243 e. The molecular weight excluding hydrogens is 284 g/mol. The highest BCUT2D eigenvalue weighted by molar-refractivity contribution is 7.89. The number of aliphatic hydroxyl groups is 1. The highest BCUT2D eigenvalue weighted by Crippen LogP contribution is 2.25. The maximum absolute atomic E-state index is 12.4. The summed E-state index contributed by atoms with van der Waals surface area (Å²) in [5.41, 5.74) is 0. The van der Waals surface area contributed by atoms with Crippen molar-refractivity contribution in [2.45, 2.75) is 30.4 Å². The Morgan fingerprint density at radius 3 is 2.53 bits per heavy atom. The summed E-state index contributed by atoms with van der Waals surface area (Å²) in [5.74, 6) is 0. The predicted octanol–water partition coefficient (Wildman–Crippen LogP) is 0.955. The normalized spacial score (nSPS) is 19.2. The molecule has 1 fully saturated rings. The molecule has 1 aliphatic heterocycles. The van der Waals surface area contributed by atoms with Crippen molar-refractivity contribution in [1.82, 2.24) is 9.21 Å². The van der Waals surface area contributed by atoms with E-state index in [0.29, 0.717) is 28.9 Å². The molecule has 0 spiro atoms. The number of sulfonamides is 1. The van der Waals surface area contributed by atoms with Crippen LogP contribution in [-0.4, -0.2) is 56.0 Å². The first-order chi connectivity index (χ1) is 8.95. The fourth-order valence-corrected chi connectivity index (χ4v) is 4.92. The van der Waals surface area contributed by atoms with Gasteiger partial charge in [-0.15, -0.1) is 11.3 Å². The molecule has 0 saturated carbocycles. The van der Waals surface area contributed by atoms with Crippen molar-refractivity contribution in [3.63, 3.8) is 0 Å². The van der Waals surface area contributed by atoms with Crippen molar-refractivity contribution in [2.24, 2.45) is 0 Å². The van der Waals surface area contributed by atoms with E-state index in [9.17, 15) is 8.42 Å². The third-order valence-corrected chi connectivity index (χ3v) is 6.52. The van der Waals surface area contributed by atoms with Gasteiger partial charge < -0.3 is 10.0 Å². The number of thiophene rings is 1. The van der Waals surface area contributed by atoms with Crippen LogP contribution >= 0.6 is 11.3 Å². The molecule has 0 atom stereocenters. The van der Waals surface area contributed by atoms with E-state index < -0.39 is 10.0 Å². The minimum Gasteiger partial charge on any atom is -0.391 e. The summed E-state index contributed by atoms with van der Waals surface area (Å²) in [7, 11) is 0.672. The Kier molecular flexibility index (Phi) is 4.62. The van der Waals surface area contributed by atoms with E-state index in [1.807, 2.05) is 14.1 Å². The second-order valence-electron chi connectivity index (χ2n) is 5.01. The highest BCUT2D eigenvalue weighted by atomic mass is 32.2. The zero-order valence-corrected chi connectivity index (χ0v) is 12.9. The van der Waals surface area contributed by atoms with Crippen molar-refractivity contribution in [3.05, 3.63) is 16.3 Å². The summed E-state index contributed by atoms with van der Waals surface area (Å²) in [4.78, 5) is 3.14. The van der Waals surface area contributed by atoms with Crippen molar-refractivity contribution in [1.29, 1.82) is 0 Å². The van der Waals surface area contributed by atoms with Crippen LogP contribution in [0.15, 0.2) is 16.3 Å². The first-order valence-electron chi connectivity index (χ1n) is 6.30. The first kappa shape index (κ1) is 14.9. The number of rotatable bonds is 4. The van der Waals surface area contributed by atoms with Crippen molar-refractivity contribution in [3.8, 4) is 0 Å². The molecule has 0 aromatic carbocycles. The fraction of sp³-hybridized carbons (Fsp3) is 0.667. The highest BCUT2D eigenvalue weighted by Gasteiger charge is 2.30. The van der Waals surface area contributed by atoms with E-state index >= 15 is 0 Å². The standard InChI is InChI=1S/C12H20N2O3S2/c1-13(2)10-3-5-14(6-4-10)19(16,17)12-7-11(8-15)18-9-12/h7,9-10,15H,3-6,8H2,1-2H3. The molecule has 1 aromatic rings. The summed E-state index contributed by atoms with van der Waals surface area (Å²) < 4.78 is 26.4. The van der Waals surface area contributed by atoms with Crippen molar-refractivity contribution >= 4 is 21.4 Å². The molecule has 0 amide bonds. The monoisotopic (exact) mass is 304 g/mol. The molecule has 2 rings (SSSR count). The van der Waals surface area contributed by atoms with E-state index in [-0.39, 0.29) is 6.61 Å². The second-order valence-corrected chi connectivity index (χ2v) is 7.94. The van der Waals surface area contributed by atoms with Gasteiger partial charge in [-0.2, -0.15) is 4.31 Å². The van der Waals surface area contributed by atoms with Gasteiger partial charge in [-0.1, -0.05) is 0 Å². The van der Waals surface area contributed by atoms with Gasteiger partial charge in [-0.05, 0) is 33.0 Å². The molecule has 2 heterocycles. The molecule has 0 aliphatic carbocycles. The lowest BCUT2D eigenvalue weighted by atomic mass is 10.1. The van der Waals surface area contributed by atoms with Crippen LogP contribution in [0.3, 0.4) is 0 Å². The topological polar surface area (TPSA) is 60.9 Å². The van der Waals surface area contributed by atoms with Crippen LogP contribution in [0.4, 0.5) is 0 Å². The predicted molar refractivity (Wildman–Crippen MR) is 75.7 cm³/mol. The Hall–Kier alpha value is -0.470. The lowest BCUT2D eigenvalue weighted by Crippen LogP contribution is -2.44. The Morgan fingerprint density at radius 2 is 2.05 bits per heavy atom. The van der Waals surface area contributed by atoms with Gasteiger partial charge in [0, 0.05) is 29.4 Å².